The first-order valence-electron chi connectivity index (χ1n) is 6.77. The highest BCUT2D eigenvalue weighted by atomic mass is 32.1. The predicted octanol–water partition coefficient (Wildman–Crippen LogP) is 4.04. The number of thiophene rings is 1. The number of hydrogen-bond acceptors (Lipinski definition) is 4. The van der Waals surface area contributed by atoms with Gasteiger partial charge in [0.1, 0.15) is 16.8 Å². The van der Waals surface area contributed by atoms with Gasteiger partial charge in [-0.25, -0.2) is 4.98 Å². The van der Waals surface area contributed by atoms with Crippen LogP contribution in [0.3, 0.4) is 0 Å². The highest BCUT2D eigenvalue weighted by molar-refractivity contribution is 7.16. The Morgan fingerprint density at radius 3 is 2.77 bits per heavy atom. The van der Waals surface area contributed by atoms with E-state index in [1.165, 1.54) is 11.3 Å². The number of amides is 1. The standard InChI is InChI=1S/C17H13N3OS/c1-10-11(2)22-17(13(10)9-18)20-16(21)15-8-7-12-5-3-4-6-14(12)19-15/h3-8H,1-2H3,(H,20,21). The Morgan fingerprint density at radius 1 is 1.23 bits per heavy atom. The van der Waals surface area contributed by atoms with E-state index in [9.17, 15) is 10.1 Å². The molecular weight excluding hydrogens is 294 g/mol. The van der Waals surface area contributed by atoms with Crippen LogP contribution in [0, 0.1) is 25.2 Å². The molecule has 0 aliphatic heterocycles. The van der Waals surface area contributed by atoms with Crippen LogP contribution in [0.4, 0.5) is 5.00 Å². The van der Waals surface area contributed by atoms with Crippen molar-refractivity contribution in [2.24, 2.45) is 0 Å². The molecule has 0 unspecified atom stereocenters. The van der Waals surface area contributed by atoms with Crippen LogP contribution < -0.4 is 5.32 Å². The van der Waals surface area contributed by atoms with E-state index in [1.54, 1.807) is 6.07 Å². The van der Waals surface area contributed by atoms with Crippen molar-refractivity contribution < 1.29 is 4.79 Å². The van der Waals surface area contributed by atoms with E-state index in [4.69, 9.17) is 0 Å². The molecule has 0 fully saturated rings. The summed E-state index contributed by atoms with van der Waals surface area (Å²) in [5.41, 5.74) is 2.55. The van der Waals surface area contributed by atoms with Crippen molar-refractivity contribution in [2.45, 2.75) is 13.8 Å². The maximum absolute atomic E-state index is 12.4. The van der Waals surface area contributed by atoms with Crippen molar-refractivity contribution in [2.75, 3.05) is 5.32 Å². The summed E-state index contributed by atoms with van der Waals surface area (Å²) in [6, 6.07) is 13.3. The minimum absolute atomic E-state index is 0.302. The lowest BCUT2D eigenvalue weighted by Crippen LogP contribution is -2.13. The van der Waals surface area contributed by atoms with Gasteiger partial charge in [-0.05, 0) is 31.5 Å². The predicted molar refractivity (Wildman–Crippen MR) is 88.2 cm³/mol. The molecule has 2 heterocycles. The number of rotatable bonds is 2. The molecule has 1 aromatic carbocycles. The van der Waals surface area contributed by atoms with Crippen LogP contribution in [-0.4, -0.2) is 10.9 Å². The fraction of sp³-hybridized carbons (Fsp3) is 0.118. The lowest BCUT2D eigenvalue weighted by Gasteiger charge is -2.04. The Labute approximate surface area is 132 Å². The number of aromatic nitrogens is 1. The summed E-state index contributed by atoms with van der Waals surface area (Å²) in [6.07, 6.45) is 0. The number of nitriles is 1. The van der Waals surface area contributed by atoms with Gasteiger partial charge in [0.15, 0.2) is 0 Å². The van der Waals surface area contributed by atoms with E-state index in [2.05, 4.69) is 16.4 Å². The first-order chi connectivity index (χ1) is 10.6. The number of hydrogen-bond donors (Lipinski definition) is 1. The minimum atomic E-state index is -0.302. The highest BCUT2D eigenvalue weighted by Gasteiger charge is 2.16. The van der Waals surface area contributed by atoms with Gasteiger partial charge in [-0.2, -0.15) is 5.26 Å². The van der Waals surface area contributed by atoms with E-state index in [0.717, 1.165) is 21.3 Å². The Hall–Kier alpha value is -2.71. The number of anilines is 1. The van der Waals surface area contributed by atoms with Crippen LogP contribution in [0.1, 0.15) is 26.5 Å². The van der Waals surface area contributed by atoms with Crippen molar-refractivity contribution in [1.29, 1.82) is 5.26 Å². The van der Waals surface area contributed by atoms with Crippen molar-refractivity contribution in [3.8, 4) is 6.07 Å². The van der Waals surface area contributed by atoms with Gasteiger partial charge in [0.05, 0.1) is 11.1 Å². The van der Waals surface area contributed by atoms with Crippen molar-refractivity contribution in [3.63, 3.8) is 0 Å². The largest absolute Gasteiger partial charge is 0.311 e. The summed E-state index contributed by atoms with van der Waals surface area (Å²) in [6.45, 7) is 3.82. The maximum atomic E-state index is 12.4. The molecule has 0 aliphatic carbocycles. The third kappa shape index (κ3) is 2.45. The quantitative estimate of drug-likeness (QED) is 0.777. The van der Waals surface area contributed by atoms with E-state index in [-0.39, 0.29) is 5.91 Å². The number of aryl methyl sites for hydroxylation is 1. The molecule has 0 saturated carbocycles. The molecule has 5 heteroatoms. The van der Waals surface area contributed by atoms with E-state index >= 15 is 0 Å². The zero-order valence-electron chi connectivity index (χ0n) is 12.2. The molecule has 0 radical (unpaired) electrons. The number of fused-ring (bicyclic) bond motifs is 1. The molecule has 1 amide bonds. The Balaban J connectivity index is 1.94. The number of carbonyl (C=O) groups excluding carboxylic acids is 1. The molecule has 0 atom stereocenters. The van der Waals surface area contributed by atoms with Gasteiger partial charge in [0.2, 0.25) is 0 Å². The second-order valence-corrected chi connectivity index (χ2v) is 6.17. The average molecular weight is 307 g/mol. The summed E-state index contributed by atoms with van der Waals surface area (Å²) >= 11 is 1.41. The van der Waals surface area contributed by atoms with Crippen molar-refractivity contribution in [1.82, 2.24) is 4.98 Å². The number of nitrogens with zero attached hydrogens (tertiary/aromatic N) is 2. The number of pyridine rings is 1. The third-order valence-electron chi connectivity index (χ3n) is 3.56. The zero-order valence-corrected chi connectivity index (χ0v) is 13.0. The normalized spacial score (nSPS) is 10.4. The topological polar surface area (TPSA) is 65.8 Å². The van der Waals surface area contributed by atoms with Crippen LogP contribution >= 0.6 is 11.3 Å². The van der Waals surface area contributed by atoms with Gasteiger partial charge in [-0.3, -0.25) is 4.79 Å². The molecular formula is C17H13N3OS. The van der Waals surface area contributed by atoms with Gasteiger partial charge in [-0.15, -0.1) is 11.3 Å². The monoisotopic (exact) mass is 307 g/mol. The molecule has 0 spiro atoms. The van der Waals surface area contributed by atoms with Crippen LogP contribution in [0.5, 0.6) is 0 Å². The summed E-state index contributed by atoms with van der Waals surface area (Å²) < 4.78 is 0. The van der Waals surface area contributed by atoms with Crippen LogP contribution in [0.2, 0.25) is 0 Å². The first kappa shape index (κ1) is 14.2. The summed E-state index contributed by atoms with van der Waals surface area (Å²) in [5, 5.41) is 13.6. The average Bonchev–Trinajstić information content (AvgIpc) is 2.80. The second kappa shape index (κ2) is 5.58. The fourth-order valence-electron chi connectivity index (χ4n) is 2.21. The third-order valence-corrected chi connectivity index (χ3v) is 4.68. The molecule has 4 nitrogen and oxygen atoms in total. The van der Waals surface area contributed by atoms with Crippen LogP contribution in [-0.2, 0) is 0 Å². The van der Waals surface area contributed by atoms with Crippen LogP contribution in [0.25, 0.3) is 10.9 Å². The second-order valence-electron chi connectivity index (χ2n) is 4.94. The zero-order chi connectivity index (χ0) is 15.7. The smallest absolute Gasteiger partial charge is 0.274 e. The number of para-hydroxylation sites is 1. The Bertz CT molecular complexity index is 921. The summed E-state index contributed by atoms with van der Waals surface area (Å²) in [7, 11) is 0. The Kier molecular flexibility index (Phi) is 3.61. The molecule has 3 rings (SSSR count). The van der Waals surface area contributed by atoms with Gasteiger partial charge in [0, 0.05) is 10.3 Å². The molecule has 0 aliphatic rings. The molecule has 3 aromatic rings. The highest BCUT2D eigenvalue weighted by Crippen LogP contribution is 2.31. The maximum Gasteiger partial charge on any atom is 0.274 e. The molecule has 108 valence electrons. The van der Waals surface area contributed by atoms with E-state index < -0.39 is 0 Å². The Morgan fingerprint density at radius 2 is 2.00 bits per heavy atom. The van der Waals surface area contributed by atoms with Crippen molar-refractivity contribution >= 4 is 33.1 Å². The van der Waals surface area contributed by atoms with Crippen molar-refractivity contribution in [3.05, 3.63) is 58.1 Å². The molecule has 0 bridgehead atoms. The molecule has 1 N–H and O–H groups in total. The van der Waals surface area contributed by atoms with Gasteiger partial charge >= 0.3 is 0 Å². The van der Waals surface area contributed by atoms with Crippen LogP contribution in [0.15, 0.2) is 36.4 Å². The number of carbonyl (C=O) groups is 1. The molecule has 2 aromatic heterocycles. The van der Waals surface area contributed by atoms with E-state index in [1.807, 2.05) is 44.2 Å². The number of benzene rings is 1. The fourth-order valence-corrected chi connectivity index (χ4v) is 3.22. The SMILES string of the molecule is Cc1sc(NC(=O)c2ccc3ccccc3n2)c(C#N)c1C. The lowest BCUT2D eigenvalue weighted by atomic mass is 10.2. The molecule has 22 heavy (non-hydrogen) atoms. The van der Waals surface area contributed by atoms with Gasteiger partial charge in [-0.1, -0.05) is 24.3 Å². The first-order valence-corrected chi connectivity index (χ1v) is 7.59. The minimum Gasteiger partial charge on any atom is -0.311 e. The molecule has 0 saturated heterocycles. The van der Waals surface area contributed by atoms with E-state index in [0.29, 0.717) is 16.3 Å². The summed E-state index contributed by atoms with van der Waals surface area (Å²) in [4.78, 5) is 17.8. The van der Waals surface area contributed by atoms with Gasteiger partial charge < -0.3 is 5.32 Å². The van der Waals surface area contributed by atoms with Gasteiger partial charge in [0.25, 0.3) is 5.91 Å². The number of nitrogens with one attached hydrogen (secondary N) is 1. The lowest BCUT2D eigenvalue weighted by molar-refractivity contribution is 0.102. The summed E-state index contributed by atoms with van der Waals surface area (Å²) in [5.74, 6) is -0.302.